The minimum atomic E-state index is -0.653. The second-order valence-electron chi connectivity index (χ2n) is 7.72. The van der Waals surface area contributed by atoms with Crippen LogP contribution in [0, 0.1) is 11.8 Å². The van der Waals surface area contributed by atoms with E-state index < -0.39 is 6.04 Å². The third kappa shape index (κ3) is 7.07. The maximum Gasteiger partial charge on any atom is 0.251 e. The lowest BCUT2D eigenvalue weighted by Gasteiger charge is -2.22. The topological polar surface area (TPSA) is 96.5 Å². The molecule has 1 aliphatic rings. The first kappa shape index (κ1) is 22.7. The van der Waals surface area contributed by atoms with E-state index in [1.54, 1.807) is 24.3 Å². The summed E-state index contributed by atoms with van der Waals surface area (Å²) in [4.78, 5) is 37.1. The second-order valence-corrected chi connectivity index (χ2v) is 7.72. The zero-order valence-electron chi connectivity index (χ0n) is 17.6. The van der Waals surface area contributed by atoms with Crippen LogP contribution in [0.1, 0.15) is 56.8 Å². The largest absolute Gasteiger partial charge is 0.494 e. The Balaban J connectivity index is 1.80. The van der Waals surface area contributed by atoms with Crippen molar-refractivity contribution >= 4 is 17.7 Å². The van der Waals surface area contributed by atoms with Crippen LogP contribution in [0.15, 0.2) is 24.3 Å². The van der Waals surface area contributed by atoms with Crippen LogP contribution >= 0.6 is 0 Å². The lowest BCUT2D eigenvalue weighted by Crippen LogP contribution is -2.51. The zero-order chi connectivity index (χ0) is 21.2. The van der Waals surface area contributed by atoms with E-state index in [9.17, 15) is 14.4 Å². The molecule has 3 amide bonds. The van der Waals surface area contributed by atoms with Crippen LogP contribution in [0.25, 0.3) is 0 Å². The number of carbonyl (C=O) groups excluding carboxylic acids is 3. The van der Waals surface area contributed by atoms with Gasteiger partial charge in [0.2, 0.25) is 11.8 Å². The standard InChI is InChI=1S/C22H33N3O4/c1-4-29-18-11-9-17(10-12-18)21(27)25-19(15(2)3)22(28)24-14-13-23-20(26)16-7-5-6-8-16/h9-12,15-16,19H,4-8,13-14H2,1-3H3,(H,23,26)(H,24,28)(H,25,27). The van der Waals surface area contributed by atoms with Crippen molar-refractivity contribution in [3.05, 3.63) is 29.8 Å². The first-order chi connectivity index (χ1) is 13.9. The predicted octanol–water partition coefficient (Wildman–Crippen LogP) is 2.26. The Kier molecular flexibility index (Phi) is 8.96. The van der Waals surface area contributed by atoms with Gasteiger partial charge in [-0.05, 0) is 49.9 Å². The van der Waals surface area contributed by atoms with Crippen LogP contribution in [0.4, 0.5) is 0 Å². The summed E-state index contributed by atoms with van der Waals surface area (Å²) in [5, 5.41) is 8.48. The third-order valence-corrected chi connectivity index (χ3v) is 5.11. The van der Waals surface area contributed by atoms with E-state index in [0.29, 0.717) is 31.0 Å². The molecule has 1 fully saturated rings. The molecule has 2 rings (SSSR count). The zero-order valence-corrected chi connectivity index (χ0v) is 17.6. The third-order valence-electron chi connectivity index (χ3n) is 5.11. The maximum atomic E-state index is 12.5. The van der Waals surface area contributed by atoms with E-state index in [1.807, 2.05) is 20.8 Å². The SMILES string of the molecule is CCOc1ccc(C(=O)NC(C(=O)NCCNC(=O)C2CCCC2)C(C)C)cc1. The number of benzene rings is 1. The molecule has 160 valence electrons. The molecule has 1 unspecified atom stereocenters. The molecule has 0 aliphatic heterocycles. The van der Waals surface area contributed by atoms with E-state index in [-0.39, 0.29) is 29.6 Å². The van der Waals surface area contributed by atoms with Gasteiger partial charge < -0.3 is 20.7 Å². The van der Waals surface area contributed by atoms with Crippen LogP contribution in [-0.4, -0.2) is 43.5 Å². The van der Waals surface area contributed by atoms with Gasteiger partial charge in [-0.3, -0.25) is 14.4 Å². The summed E-state index contributed by atoms with van der Waals surface area (Å²) in [7, 11) is 0. The lowest BCUT2D eigenvalue weighted by atomic mass is 10.0. The summed E-state index contributed by atoms with van der Waals surface area (Å²) in [6, 6.07) is 6.16. The van der Waals surface area contributed by atoms with Crippen molar-refractivity contribution in [2.75, 3.05) is 19.7 Å². The lowest BCUT2D eigenvalue weighted by molar-refractivity contribution is -0.126. The van der Waals surface area contributed by atoms with Crippen molar-refractivity contribution in [3.8, 4) is 5.75 Å². The van der Waals surface area contributed by atoms with Crippen LogP contribution < -0.4 is 20.7 Å². The van der Waals surface area contributed by atoms with Crippen LogP contribution in [0.2, 0.25) is 0 Å². The number of nitrogens with one attached hydrogen (secondary N) is 3. The molecule has 1 saturated carbocycles. The van der Waals surface area contributed by atoms with E-state index in [4.69, 9.17) is 4.74 Å². The average Bonchev–Trinajstić information content (AvgIpc) is 3.24. The van der Waals surface area contributed by atoms with Gasteiger partial charge in [-0.2, -0.15) is 0 Å². The van der Waals surface area contributed by atoms with E-state index >= 15 is 0 Å². The van der Waals surface area contributed by atoms with Crippen molar-refractivity contribution in [1.29, 1.82) is 0 Å². The van der Waals surface area contributed by atoms with Gasteiger partial charge in [-0.15, -0.1) is 0 Å². The first-order valence-electron chi connectivity index (χ1n) is 10.5. The summed E-state index contributed by atoms with van der Waals surface area (Å²) >= 11 is 0. The van der Waals surface area contributed by atoms with Crippen molar-refractivity contribution in [3.63, 3.8) is 0 Å². The fourth-order valence-electron chi connectivity index (χ4n) is 3.44. The molecule has 0 heterocycles. The van der Waals surface area contributed by atoms with Crippen molar-refractivity contribution < 1.29 is 19.1 Å². The summed E-state index contributed by atoms with van der Waals surface area (Å²) in [6.07, 6.45) is 4.12. The molecule has 0 saturated heterocycles. The fourth-order valence-corrected chi connectivity index (χ4v) is 3.44. The molecule has 0 spiro atoms. The highest BCUT2D eigenvalue weighted by Gasteiger charge is 2.25. The van der Waals surface area contributed by atoms with E-state index in [2.05, 4.69) is 16.0 Å². The quantitative estimate of drug-likeness (QED) is 0.522. The average molecular weight is 404 g/mol. The molecular weight excluding hydrogens is 370 g/mol. The van der Waals surface area contributed by atoms with Crippen LogP contribution in [0.3, 0.4) is 0 Å². The molecule has 0 bridgehead atoms. The normalized spacial score (nSPS) is 15.0. The van der Waals surface area contributed by atoms with Crippen molar-refractivity contribution in [2.45, 2.75) is 52.5 Å². The van der Waals surface area contributed by atoms with Gasteiger partial charge in [0.15, 0.2) is 0 Å². The Labute approximate surface area is 173 Å². The summed E-state index contributed by atoms with van der Waals surface area (Å²) in [5.41, 5.74) is 0.468. The molecule has 1 aromatic rings. The van der Waals surface area contributed by atoms with Gasteiger partial charge in [-0.1, -0.05) is 26.7 Å². The molecule has 7 heteroatoms. The van der Waals surface area contributed by atoms with Crippen LogP contribution in [-0.2, 0) is 9.59 Å². The molecule has 0 aromatic heterocycles. The van der Waals surface area contributed by atoms with E-state index in [1.165, 1.54) is 0 Å². The summed E-state index contributed by atoms with van der Waals surface area (Å²) in [5.74, 6) is 0.242. The molecule has 29 heavy (non-hydrogen) atoms. The van der Waals surface area contributed by atoms with Gasteiger partial charge in [-0.25, -0.2) is 0 Å². The summed E-state index contributed by atoms with van der Waals surface area (Å²) < 4.78 is 5.38. The number of rotatable bonds is 10. The van der Waals surface area contributed by atoms with Gasteiger partial charge in [0.05, 0.1) is 6.61 Å². The molecule has 1 atom stereocenters. The highest BCUT2D eigenvalue weighted by molar-refractivity contribution is 5.97. The molecular formula is C22H33N3O4. The van der Waals surface area contributed by atoms with Gasteiger partial charge >= 0.3 is 0 Å². The molecule has 1 aliphatic carbocycles. The van der Waals surface area contributed by atoms with E-state index in [0.717, 1.165) is 25.7 Å². The number of ether oxygens (including phenoxy) is 1. The Morgan fingerprint density at radius 2 is 1.66 bits per heavy atom. The van der Waals surface area contributed by atoms with Crippen LogP contribution in [0.5, 0.6) is 5.75 Å². The Bertz CT molecular complexity index is 682. The van der Waals surface area contributed by atoms with Crippen molar-refractivity contribution in [1.82, 2.24) is 16.0 Å². The first-order valence-corrected chi connectivity index (χ1v) is 10.5. The van der Waals surface area contributed by atoms with Crippen molar-refractivity contribution in [2.24, 2.45) is 11.8 Å². The smallest absolute Gasteiger partial charge is 0.251 e. The Hall–Kier alpha value is -2.57. The highest BCUT2D eigenvalue weighted by atomic mass is 16.5. The minimum Gasteiger partial charge on any atom is -0.494 e. The maximum absolute atomic E-state index is 12.5. The molecule has 0 radical (unpaired) electrons. The number of hydrogen-bond acceptors (Lipinski definition) is 4. The fraction of sp³-hybridized carbons (Fsp3) is 0.591. The molecule has 3 N–H and O–H groups in total. The number of hydrogen-bond donors (Lipinski definition) is 3. The van der Waals surface area contributed by atoms with Gasteiger partial charge in [0.25, 0.3) is 5.91 Å². The molecule has 7 nitrogen and oxygen atoms in total. The monoisotopic (exact) mass is 403 g/mol. The highest BCUT2D eigenvalue weighted by Crippen LogP contribution is 2.24. The molecule has 1 aromatic carbocycles. The second kappa shape index (κ2) is 11.4. The van der Waals surface area contributed by atoms with Gasteiger partial charge in [0, 0.05) is 24.6 Å². The Morgan fingerprint density at radius 3 is 2.24 bits per heavy atom. The number of amides is 3. The predicted molar refractivity (Wildman–Crippen MR) is 112 cm³/mol. The minimum absolute atomic E-state index is 0.0703. The Morgan fingerprint density at radius 1 is 1.03 bits per heavy atom. The van der Waals surface area contributed by atoms with Gasteiger partial charge in [0.1, 0.15) is 11.8 Å². The summed E-state index contributed by atoms with van der Waals surface area (Å²) in [6.45, 7) is 6.93. The number of carbonyl (C=O) groups is 3.